The molecule has 1 aliphatic heterocycles. The molecule has 2 N–H and O–H groups in total. The van der Waals surface area contributed by atoms with Gasteiger partial charge in [0.15, 0.2) is 11.5 Å². The standard InChI is InChI=1S/C11H15NO3/c1-7(12-2)5-8-3-4-9-11(10(8)13)15-6-14-9/h3-4,7,12-13H,5-6H2,1-2H3/t7-/m1/s1. The zero-order chi connectivity index (χ0) is 10.8. The number of rotatable bonds is 3. The first kappa shape index (κ1) is 10.1. The molecule has 1 aromatic carbocycles. The van der Waals surface area contributed by atoms with Gasteiger partial charge in [-0.1, -0.05) is 6.07 Å². The highest BCUT2D eigenvalue weighted by Gasteiger charge is 2.20. The SMILES string of the molecule is CN[C@H](C)Cc1ccc2c(c1O)OCO2. The van der Waals surface area contributed by atoms with Gasteiger partial charge >= 0.3 is 0 Å². The van der Waals surface area contributed by atoms with Crippen LogP contribution in [-0.2, 0) is 6.42 Å². The Bertz CT molecular complexity index is 365. The number of phenols is 1. The lowest BCUT2D eigenvalue weighted by atomic mass is 10.1. The number of aromatic hydroxyl groups is 1. The molecule has 0 spiro atoms. The van der Waals surface area contributed by atoms with Crippen LogP contribution in [0.3, 0.4) is 0 Å². The van der Waals surface area contributed by atoms with Crippen molar-refractivity contribution in [2.45, 2.75) is 19.4 Å². The first-order chi connectivity index (χ1) is 7.22. The number of hydrogen-bond acceptors (Lipinski definition) is 4. The number of ether oxygens (including phenoxy) is 2. The Morgan fingerprint density at radius 2 is 2.27 bits per heavy atom. The van der Waals surface area contributed by atoms with Crippen LogP contribution in [0.2, 0.25) is 0 Å². The summed E-state index contributed by atoms with van der Waals surface area (Å²) in [5, 5.41) is 13.0. The molecule has 0 saturated carbocycles. The number of hydrogen-bond donors (Lipinski definition) is 2. The zero-order valence-corrected chi connectivity index (χ0v) is 8.91. The van der Waals surface area contributed by atoms with Crippen LogP contribution in [-0.4, -0.2) is 25.0 Å². The number of nitrogens with one attached hydrogen (secondary N) is 1. The molecule has 0 bridgehead atoms. The van der Waals surface area contributed by atoms with Gasteiger partial charge in [-0.3, -0.25) is 0 Å². The average molecular weight is 209 g/mol. The van der Waals surface area contributed by atoms with Crippen LogP contribution in [0.1, 0.15) is 12.5 Å². The van der Waals surface area contributed by atoms with E-state index in [1.807, 2.05) is 19.2 Å². The van der Waals surface area contributed by atoms with Crippen LogP contribution in [0, 0.1) is 0 Å². The number of benzene rings is 1. The predicted octanol–water partition coefficient (Wildman–Crippen LogP) is 1.27. The number of likely N-dealkylation sites (N-methyl/N-ethyl adjacent to an activating group) is 1. The van der Waals surface area contributed by atoms with E-state index in [-0.39, 0.29) is 12.5 Å². The predicted molar refractivity (Wildman–Crippen MR) is 56.5 cm³/mol. The Labute approximate surface area is 88.8 Å². The molecule has 0 saturated heterocycles. The summed E-state index contributed by atoms with van der Waals surface area (Å²) < 4.78 is 10.4. The smallest absolute Gasteiger partial charge is 0.231 e. The van der Waals surface area contributed by atoms with Crippen molar-refractivity contribution in [1.29, 1.82) is 0 Å². The molecule has 2 rings (SSSR count). The van der Waals surface area contributed by atoms with Crippen LogP contribution in [0.25, 0.3) is 0 Å². The maximum Gasteiger partial charge on any atom is 0.231 e. The summed E-state index contributed by atoms with van der Waals surface area (Å²) in [4.78, 5) is 0. The fourth-order valence-electron chi connectivity index (χ4n) is 1.60. The third kappa shape index (κ3) is 1.85. The summed E-state index contributed by atoms with van der Waals surface area (Å²) in [7, 11) is 1.90. The molecular weight excluding hydrogens is 194 g/mol. The molecule has 4 heteroatoms. The van der Waals surface area contributed by atoms with Gasteiger partial charge in [0.25, 0.3) is 0 Å². The first-order valence-corrected chi connectivity index (χ1v) is 5.00. The topological polar surface area (TPSA) is 50.7 Å². The fraction of sp³-hybridized carbons (Fsp3) is 0.455. The van der Waals surface area contributed by atoms with E-state index in [0.29, 0.717) is 17.5 Å². The Morgan fingerprint density at radius 3 is 3.00 bits per heavy atom. The highest BCUT2D eigenvalue weighted by molar-refractivity contribution is 5.56. The molecule has 0 aliphatic carbocycles. The minimum atomic E-state index is 0.188. The van der Waals surface area contributed by atoms with Gasteiger partial charge in [0, 0.05) is 6.04 Å². The van der Waals surface area contributed by atoms with Crippen molar-refractivity contribution in [3.05, 3.63) is 17.7 Å². The van der Waals surface area contributed by atoms with E-state index in [1.165, 1.54) is 0 Å². The average Bonchev–Trinajstić information content (AvgIpc) is 2.70. The molecule has 1 atom stereocenters. The maximum absolute atomic E-state index is 9.92. The molecule has 1 heterocycles. The first-order valence-electron chi connectivity index (χ1n) is 5.00. The van der Waals surface area contributed by atoms with Crippen LogP contribution < -0.4 is 14.8 Å². The second kappa shape index (κ2) is 3.98. The highest BCUT2D eigenvalue weighted by atomic mass is 16.7. The van der Waals surface area contributed by atoms with Gasteiger partial charge in [0.05, 0.1) is 0 Å². The van der Waals surface area contributed by atoms with Crippen molar-refractivity contribution in [3.8, 4) is 17.2 Å². The van der Waals surface area contributed by atoms with E-state index in [0.717, 1.165) is 12.0 Å². The van der Waals surface area contributed by atoms with Crippen molar-refractivity contribution in [3.63, 3.8) is 0 Å². The van der Waals surface area contributed by atoms with Gasteiger partial charge in [-0.2, -0.15) is 0 Å². The van der Waals surface area contributed by atoms with Crippen molar-refractivity contribution in [2.24, 2.45) is 0 Å². The Kier molecular flexibility index (Phi) is 2.68. The summed E-state index contributed by atoms with van der Waals surface area (Å²) in [5.74, 6) is 1.29. The van der Waals surface area contributed by atoms with Gasteiger partial charge in [-0.05, 0) is 32.0 Å². The molecule has 0 aromatic heterocycles. The number of phenolic OH excluding ortho intramolecular Hbond substituents is 1. The molecule has 1 aromatic rings. The van der Waals surface area contributed by atoms with Crippen molar-refractivity contribution < 1.29 is 14.6 Å². The molecule has 15 heavy (non-hydrogen) atoms. The number of fused-ring (bicyclic) bond motifs is 1. The molecule has 0 fully saturated rings. The van der Waals surface area contributed by atoms with E-state index in [4.69, 9.17) is 9.47 Å². The van der Waals surface area contributed by atoms with Gasteiger partial charge in [0.1, 0.15) is 0 Å². The van der Waals surface area contributed by atoms with Crippen molar-refractivity contribution in [2.75, 3.05) is 13.8 Å². The van der Waals surface area contributed by atoms with E-state index in [9.17, 15) is 5.11 Å². The molecule has 1 aliphatic rings. The minimum absolute atomic E-state index is 0.188. The lowest BCUT2D eigenvalue weighted by Crippen LogP contribution is -2.23. The molecule has 0 radical (unpaired) electrons. The Hall–Kier alpha value is -1.42. The normalized spacial score (nSPS) is 15.3. The van der Waals surface area contributed by atoms with Crippen molar-refractivity contribution in [1.82, 2.24) is 5.32 Å². The highest BCUT2D eigenvalue weighted by Crippen LogP contribution is 2.42. The second-order valence-electron chi connectivity index (χ2n) is 3.70. The summed E-state index contributed by atoms with van der Waals surface area (Å²) in [5.41, 5.74) is 0.876. The third-order valence-electron chi connectivity index (χ3n) is 2.62. The van der Waals surface area contributed by atoms with Gasteiger partial charge in [-0.25, -0.2) is 0 Å². The fourth-order valence-corrected chi connectivity index (χ4v) is 1.60. The second-order valence-corrected chi connectivity index (χ2v) is 3.70. The summed E-state index contributed by atoms with van der Waals surface area (Å²) in [6.07, 6.45) is 0.763. The Balaban J connectivity index is 2.26. The van der Waals surface area contributed by atoms with E-state index in [1.54, 1.807) is 0 Å². The van der Waals surface area contributed by atoms with E-state index < -0.39 is 0 Å². The lowest BCUT2D eigenvalue weighted by molar-refractivity contribution is 0.171. The molecule has 0 amide bonds. The molecule has 0 unspecified atom stereocenters. The maximum atomic E-state index is 9.92. The molecule has 82 valence electrons. The molecule has 4 nitrogen and oxygen atoms in total. The van der Waals surface area contributed by atoms with Gasteiger partial charge < -0.3 is 19.9 Å². The van der Waals surface area contributed by atoms with E-state index >= 15 is 0 Å². The van der Waals surface area contributed by atoms with Crippen LogP contribution in [0.4, 0.5) is 0 Å². The van der Waals surface area contributed by atoms with Crippen LogP contribution in [0.15, 0.2) is 12.1 Å². The summed E-state index contributed by atoms with van der Waals surface area (Å²) in [6.45, 7) is 2.25. The van der Waals surface area contributed by atoms with Gasteiger partial charge in [0.2, 0.25) is 12.5 Å². The largest absolute Gasteiger partial charge is 0.504 e. The summed E-state index contributed by atoms with van der Waals surface area (Å²) >= 11 is 0. The molecular formula is C11H15NO3. The minimum Gasteiger partial charge on any atom is -0.504 e. The van der Waals surface area contributed by atoms with Crippen LogP contribution >= 0.6 is 0 Å². The summed E-state index contributed by atoms with van der Waals surface area (Å²) in [6, 6.07) is 4.02. The third-order valence-corrected chi connectivity index (χ3v) is 2.62. The van der Waals surface area contributed by atoms with Crippen molar-refractivity contribution >= 4 is 0 Å². The lowest BCUT2D eigenvalue weighted by Gasteiger charge is -2.12. The Morgan fingerprint density at radius 1 is 1.47 bits per heavy atom. The quantitative estimate of drug-likeness (QED) is 0.787. The van der Waals surface area contributed by atoms with Crippen LogP contribution in [0.5, 0.6) is 17.2 Å². The van der Waals surface area contributed by atoms with E-state index in [2.05, 4.69) is 12.2 Å². The van der Waals surface area contributed by atoms with Gasteiger partial charge in [-0.15, -0.1) is 0 Å². The zero-order valence-electron chi connectivity index (χ0n) is 8.91. The monoisotopic (exact) mass is 209 g/mol.